The van der Waals surface area contributed by atoms with E-state index in [1.165, 1.54) is 18.2 Å². The summed E-state index contributed by atoms with van der Waals surface area (Å²) in [5.74, 6) is -1.49. The van der Waals surface area contributed by atoms with E-state index in [4.69, 9.17) is 4.74 Å². The fraction of sp³-hybridized carbons (Fsp3) is 0.100. The summed E-state index contributed by atoms with van der Waals surface area (Å²) in [7, 11) is 0. The number of carbonyl (C=O) groups excluding carboxylic acids is 3. The highest BCUT2D eigenvalue weighted by Gasteiger charge is 2.37. The van der Waals surface area contributed by atoms with Crippen LogP contribution in [0.1, 0.15) is 22.3 Å². The highest BCUT2D eigenvalue weighted by atomic mass is 19.1. The maximum atomic E-state index is 13.7. The smallest absolute Gasteiger partial charge is 0.335 e. The van der Waals surface area contributed by atoms with Gasteiger partial charge in [-0.15, -0.1) is 0 Å². The number of ether oxygens (including phenoxy) is 1. The zero-order valence-corrected chi connectivity index (χ0v) is 20.2. The van der Waals surface area contributed by atoms with E-state index >= 15 is 0 Å². The van der Waals surface area contributed by atoms with Crippen LogP contribution in [-0.4, -0.2) is 17.8 Å². The quantitative estimate of drug-likeness (QED) is 0.279. The lowest BCUT2D eigenvalue weighted by molar-refractivity contribution is -0.122. The second kappa shape index (κ2) is 9.70. The summed E-state index contributed by atoms with van der Waals surface area (Å²) in [5, 5.41) is 3.91. The Labute approximate surface area is 213 Å². The summed E-state index contributed by atoms with van der Waals surface area (Å²) in [6.45, 7) is 3.78. The van der Waals surface area contributed by atoms with Gasteiger partial charge in [0.1, 0.15) is 23.7 Å². The average Bonchev–Trinajstić information content (AvgIpc) is 2.88. The van der Waals surface area contributed by atoms with Crippen molar-refractivity contribution in [2.75, 3.05) is 4.90 Å². The molecule has 37 heavy (non-hydrogen) atoms. The van der Waals surface area contributed by atoms with Gasteiger partial charge in [-0.3, -0.25) is 14.9 Å². The number of urea groups is 1. The van der Waals surface area contributed by atoms with Crippen LogP contribution < -0.4 is 15.0 Å². The number of imide groups is 2. The minimum Gasteiger partial charge on any atom is -0.488 e. The van der Waals surface area contributed by atoms with Gasteiger partial charge in [0.05, 0.1) is 5.69 Å². The molecule has 1 saturated heterocycles. The third kappa shape index (κ3) is 4.59. The van der Waals surface area contributed by atoms with Crippen LogP contribution in [0.2, 0.25) is 0 Å². The number of hydrogen-bond donors (Lipinski definition) is 1. The highest BCUT2D eigenvalue weighted by Crippen LogP contribution is 2.33. The monoisotopic (exact) mass is 494 g/mol. The molecule has 0 unspecified atom stereocenters. The van der Waals surface area contributed by atoms with E-state index in [9.17, 15) is 18.8 Å². The molecule has 0 bridgehead atoms. The number of fused-ring (bicyclic) bond motifs is 1. The number of barbiturate groups is 1. The molecule has 0 aliphatic carbocycles. The molecule has 1 fully saturated rings. The fourth-order valence-electron chi connectivity index (χ4n) is 4.34. The van der Waals surface area contributed by atoms with E-state index in [0.29, 0.717) is 22.6 Å². The zero-order valence-electron chi connectivity index (χ0n) is 20.2. The zero-order chi connectivity index (χ0) is 26.1. The van der Waals surface area contributed by atoms with Gasteiger partial charge < -0.3 is 4.74 Å². The topological polar surface area (TPSA) is 75.7 Å². The van der Waals surface area contributed by atoms with Gasteiger partial charge in [-0.05, 0) is 71.7 Å². The first-order valence-electron chi connectivity index (χ1n) is 11.7. The molecule has 5 rings (SSSR count). The van der Waals surface area contributed by atoms with Crippen molar-refractivity contribution >= 4 is 40.4 Å². The highest BCUT2D eigenvalue weighted by molar-refractivity contribution is 6.39. The molecule has 6 nitrogen and oxygen atoms in total. The van der Waals surface area contributed by atoms with Crippen LogP contribution in [0.5, 0.6) is 5.75 Å². The van der Waals surface area contributed by atoms with Gasteiger partial charge >= 0.3 is 6.03 Å². The van der Waals surface area contributed by atoms with Crippen LogP contribution in [0.4, 0.5) is 14.9 Å². The third-order valence-electron chi connectivity index (χ3n) is 6.42. The van der Waals surface area contributed by atoms with E-state index in [1.54, 1.807) is 30.3 Å². The second-order valence-corrected chi connectivity index (χ2v) is 8.79. The Bertz CT molecular complexity index is 1610. The molecule has 0 aromatic heterocycles. The molecule has 7 heteroatoms. The number of nitrogens with zero attached hydrogens (tertiary/aromatic N) is 1. The summed E-state index contributed by atoms with van der Waals surface area (Å²) >= 11 is 0. The lowest BCUT2D eigenvalue weighted by Crippen LogP contribution is -2.54. The summed E-state index contributed by atoms with van der Waals surface area (Å²) in [6, 6.07) is 21.7. The number of anilines is 1. The number of rotatable bonds is 5. The van der Waals surface area contributed by atoms with Gasteiger partial charge in [-0.1, -0.05) is 54.6 Å². The molecule has 4 aromatic carbocycles. The molecule has 1 aliphatic rings. The molecule has 4 amide bonds. The normalized spacial score (nSPS) is 14.8. The van der Waals surface area contributed by atoms with Crippen molar-refractivity contribution < 1.29 is 23.5 Å². The lowest BCUT2D eigenvalue weighted by Gasteiger charge is -2.28. The van der Waals surface area contributed by atoms with E-state index in [2.05, 4.69) is 5.32 Å². The Hall–Kier alpha value is -4.78. The Balaban J connectivity index is 1.60. The van der Waals surface area contributed by atoms with Gasteiger partial charge in [-0.2, -0.15) is 0 Å². The van der Waals surface area contributed by atoms with Crippen molar-refractivity contribution in [3.05, 3.63) is 113 Å². The Morgan fingerprint density at radius 2 is 1.70 bits per heavy atom. The van der Waals surface area contributed by atoms with Gasteiger partial charge in [0.2, 0.25) is 0 Å². The summed E-state index contributed by atoms with van der Waals surface area (Å²) in [6.07, 6.45) is 1.45. The lowest BCUT2D eigenvalue weighted by atomic mass is 9.99. The van der Waals surface area contributed by atoms with Crippen molar-refractivity contribution in [3.63, 3.8) is 0 Å². The Morgan fingerprint density at radius 3 is 2.51 bits per heavy atom. The summed E-state index contributed by atoms with van der Waals surface area (Å²) in [5.41, 5.74) is 2.99. The molecule has 0 saturated carbocycles. The first-order valence-corrected chi connectivity index (χ1v) is 11.7. The van der Waals surface area contributed by atoms with Crippen LogP contribution in [0.15, 0.2) is 84.4 Å². The molecule has 0 spiro atoms. The molecule has 184 valence electrons. The number of benzene rings is 4. The Morgan fingerprint density at radius 1 is 0.919 bits per heavy atom. The SMILES string of the molecule is Cc1cccc(N2C(=O)NC(=O)/C(=C\c3c(OCc4cccc(F)c4)ccc4ccccc34)C2=O)c1C. The average molecular weight is 495 g/mol. The summed E-state index contributed by atoms with van der Waals surface area (Å²) in [4.78, 5) is 40.2. The third-order valence-corrected chi connectivity index (χ3v) is 6.42. The minimum atomic E-state index is -0.804. The van der Waals surface area contributed by atoms with Gasteiger partial charge in [-0.25, -0.2) is 14.1 Å². The Kier molecular flexibility index (Phi) is 6.27. The number of amides is 4. The van der Waals surface area contributed by atoms with Crippen LogP contribution in [0.25, 0.3) is 16.8 Å². The largest absolute Gasteiger partial charge is 0.488 e. The van der Waals surface area contributed by atoms with Crippen LogP contribution in [0.3, 0.4) is 0 Å². The van der Waals surface area contributed by atoms with Crippen LogP contribution in [-0.2, 0) is 16.2 Å². The maximum Gasteiger partial charge on any atom is 0.335 e. The van der Waals surface area contributed by atoms with Gasteiger partial charge in [0.25, 0.3) is 11.8 Å². The molecule has 1 aliphatic heterocycles. The van der Waals surface area contributed by atoms with Crippen molar-refractivity contribution in [1.82, 2.24) is 5.32 Å². The van der Waals surface area contributed by atoms with Gasteiger partial charge in [0.15, 0.2) is 0 Å². The number of halogens is 1. The van der Waals surface area contributed by atoms with E-state index < -0.39 is 17.8 Å². The predicted octanol–water partition coefficient (Wildman–Crippen LogP) is 5.84. The molecule has 1 heterocycles. The van der Waals surface area contributed by atoms with Crippen LogP contribution >= 0.6 is 0 Å². The van der Waals surface area contributed by atoms with Gasteiger partial charge in [0, 0.05) is 5.56 Å². The number of aryl methyl sites for hydroxylation is 1. The number of hydrogen-bond acceptors (Lipinski definition) is 4. The first-order chi connectivity index (χ1) is 17.8. The molecule has 1 N–H and O–H groups in total. The van der Waals surface area contributed by atoms with E-state index in [0.717, 1.165) is 26.8 Å². The maximum absolute atomic E-state index is 13.7. The van der Waals surface area contributed by atoms with E-state index in [1.807, 2.05) is 50.2 Å². The molecule has 0 atom stereocenters. The molecular formula is C30H23FN2O4. The molecular weight excluding hydrogens is 471 g/mol. The first kappa shape index (κ1) is 23.9. The fourth-order valence-corrected chi connectivity index (χ4v) is 4.34. The second-order valence-electron chi connectivity index (χ2n) is 8.79. The van der Waals surface area contributed by atoms with Crippen molar-refractivity contribution in [2.45, 2.75) is 20.5 Å². The minimum absolute atomic E-state index is 0.0829. The standard InChI is InChI=1S/C30H23FN2O4/c1-18-7-5-12-26(19(18)2)33-29(35)25(28(34)32-30(33)36)16-24-23-11-4-3-9-21(23)13-14-27(24)37-17-20-8-6-10-22(31)15-20/h3-16H,17H2,1-2H3,(H,32,34,36)/b25-16+. The predicted molar refractivity (Wildman–Crippen MR) is 140 cm³/mol. The van der Waals surface area contributed by atoms with Crippen molar-refractivity contribution in [1.29, 1.82) is 0 Å². The molecule has 4 aromatic rings. The van der Waals surface area contributed by atoms with E-state index in [-0.39, 0.29) is 18.0 Å². The number of carbonyl (C=O) groups is 3. The van der Waals surface area contributed by atoms with Crippen molar-refractivity contribution in [3.8, 4) is 5.75 Å². The number of nitrogens with one attached hydrogen (secondary N) is 1. The summed E-state index contributed by atoms with van der Waals surface area (Å²) < 4.78 is 19.7. The molecule has 0 radical (unpaired) electrons. The van der Waals surface area contributed by atoms with Crippen molar-refractivity contribution in [2.24, 2.45) is 0 Å². The van der Waals surface area contributed by atoms with Crippen LogP contribution in [0, 0.1) is 19.7 Å².